The summed E-state index contributed by atoms with van der Waals surface area (Å²) in [6, 6.07) is 1.16. The standard InChI is InChI=1S/C7H7Cl3N2O2S/c1-4(3-8)15(13,14)5-2-6(9)11-12-7(5)10/h2,4H,3H2,1H3. The second-order valence-corrected chi connectivity index (χ2v) is 6.22. The highest BCUT2D eigenvalue weighted by atomic mass is 35.5. The third-order valence-corrected chi connectivity index (χ3v) is 5.11. The maximum atomic E-state index is 11.8. The summed E-state index contributed by atoms with van der Waals surface area (Å²) in [5.41, 5.74) is 0. The maximum Gasteiger partial charge on any atom is 0.185 e. The number of aromatic nitrogens is 2. The lowest BCUT2D eigenvalue weighted by atomic mass is 10.6. The van der Waals surface area contributed by atoms with Gasteiger partial charge in [-0.15, -0.1) is 21.8 Å². The Kier molecular flexibility index (Phi) is 4.17. The van der Waals surface area contributed by atoms with Crippen LogP contribution in [0.4, 0.5) is 0 Å². The van der Waals surface area contributed by atoms with Crippen molar-refractivity contribution in [3.05, 3.63) is 16.4 Å². The second-order valence-electron chi connectivity index (χ2n) is 2.83. The molecule has 84 valence electrons. The summed E-state index contributed by atoms with van der Waals surface area (Å²) in [6.45, 7) is 1.48. The molecule has 0 spiro atoms. The van der Waals surface area contributed by atoms with Crippen molar-refractivity contribution in [2.45, 2.75) is 17.1 Å². The molecule has 0 aliphatic heterocycles. The summed E-state index contributed by atoms with van der Waals surface area (Å²) in [5, 5.41) is 5.87. The van der Waals surface area contributed by atoms with Crippen LogP contribution in [0, 0.1) is 0 Å². The van der Waals surface area contributed by atoms with E-state index in [0.29, 0.717) is 0 Å². The molecular formula is C7H7Cl3N2O2S. The molecule has 1 atom stereocenters. The van der Waals surface area contributed by atoms with Crippen molar-refractivity contribution in [1.29, 1.82) is 0 Å². The van der Waals surface area contributed by atoms with Crippen molar-refractivity contribution < 1.29 is 8.42 Å². The van der Waals surface area contributed by atoms with E-state index in [1.165, 1.54) is 6.92 Å². The van der Waals surface area contributed by atoms with Crippen LogP contribution in [-0.4, -0.2) is 29.7 Å². The Bertz CT molecular complexity index is 463. The minimum absolute atomic E-state index is 0.0280. The van der Waals surface area contributed by atoms with Gasteiger partial charge in [0.15, 0.2) is 20.1 Å². The molecule has 15 heavy (non-hydrogen) atoms. The summed E-state index contributed by atoms with van der Waals surface area (Å²) in [5.74, 6) is -0.0292. The third-order valence-electron chi connectivity index (χ3n) is 1.74. The summed E-state index contributed by atoms with van der Waals surface area (Å²) < 4.78 is 23.7. The van der Waals surface area contributed by atoms with Crippen molar-refractivity contribution in [2.75, 3.05) is 5.88 Å². The smallest absolute Gasteiger partial charge is 0.185 e. The van der Waals surface area contributed by atoms with Gasteiger partial charge in [-0.25, -0.2) is 8.42 Å². The first-order valence-electron chi connectivity index (χ1n) is 3.88. The molecule has 1 rings (SSSR count). The van der Waals surface area contributed by atoms with Crippen LogP contribution in [0.1, 0.15) is 6.92 Å². The molecule has 0 saturated heterocycles. The van der Waals surface area contributed by atoms with E-state index >= 15 is 0 Å². The molecule has 0 aromatic carbocycles. The Morgan fingerprint density at radius 3 is 2.53 bits per heavy atom. The molecule has 4 nitrogen and oxygen atoms in total. The van der Waals surface area contributed by atoms with Gasteiger partial charge in [0.2, 0.25) is 0 Å². The molecule has 0 aliphatic rings. The van der Waals surface area contributed by atoms with Crippen molar-refractivity contribution in [3.8, 4) is 0 Å². The number of halogens is 3. The van der Waals surface area contributed by atoms with Crippen molar-refractivity contribution in [1.82, 2.24) is 10.2 Å². The van der Waals surface area contributed by atoms with Crippen LogP contribution in [-0.2, 0) is 9.84 Å². The van der Waals surface area contributed by atoms with Crippen LogP contribution < -0.4 is 0 Å². The van der Waals surface area contributed by atoms with Gasteiger partial charge >= 0.3 is 0 Å². The van der Waals surface area contributed by atoms with Crippen LogP contribution >= 0.6 is 34.8 Å². The quantitative estimate of drug-likeness (QED) is 0.800. The minimum Gasteiger partial charge on any atom is -0.223 e. The number of hydrogen-bond acceptors (Lipinski definition) is 4. The van der Waals surface area contributed by atoms with E-state index in [9.17, 15) is 8.42 Å². The van der Waals surface area contributed by atoms with Crippen LogP contribution in [0.2, 0.25) is 10.3 Å². The minimum atomic E-state index is -3.59. The molecule has 0 bridgehead atoms. The Hall–Kier alpha value is -0.100. The molecule has 8 heteroatoms. The Morgan fingerprint density at radius 1 is 1.40 bits per heavy atom. The largest absolute Gasteiger partial charge is 0.223 e. The van der Waals surface area contributed by atoms with Gasteiger partial charge in [-0.05, 0) is 13.0 Å². The topological polar surface area (TPSA) is 59.9 Å². The predicted octanol–water partition coefficient (Wildman–Crippen LogP) is 2.18. The normalized spacial score (nSPS) is 13.9. The number of sulfone groups is 1. The zero-order chi connectivity index (χ0) is 11.6. The average molecular weight is 290 g/mol. The van der Waals surface area contributed by atoms with Gasteiger partial charge in [0.05, 0.1) is 5.25 Å². The highest BCUT2D eigenvalue weighted by Crippen LogP contribution is 2.24. The highest BCUT2D eigenvalue weighted by molar-refractivity contribution is 7.92. The summed E-state index contributed by atoms with van der Waals surface area (Å²) in [6.07, 6.45) is 0. The van der Waals surface area contributed by atoms with E-state index in [4.69, 9.17) is 34.8 Å². The number of rotatable bonds is 3. The Balaban J connectivity index is 3.33. The predicted molar refractivity (Wildman–Crippen MR) is 59.4 cm³/mol. The molecule has 0 aliphatic carbocycles. The van der Waals surface area contributed by atoms with Crippen LogP contribution in [0.3, 0.4) is 0 Å². The van der Waals surface area contributed by atoms with E-state index in [1.54, 1.807) is 0 Å². The molecule has 0 amide bonds. The fourth-order valence-electron chi connectivity index (χ4n) is 0.837. The summed E-state index contributed by atoms with van der Waals surface area (Å²) >= 11 is 16.7. The van der Waals surface area contributed by atoms with E-state index < -0.39 is 15.1 Å². The average Bonchev–Trinajstić information content (AvgIpc) is 2.20. The summed E-state index contributed by atoms with van der Waals surface area (Å²) in [7, 11) is -3.59. The zero-order valence-corrected chi connectivity index (χ0v) is 10.7. The van der Waals surface area contributed by atoms with E-state index in [-0.39, 0.29) is 21.1 Å². The lowest BCUT2D eigenvalue weighted by Gasteiger charge is -2.10. The number of nitrogens with zero attached hydrogens (tertiary/aromatic N) is 2. The van der Waals surface area contributed by atoms with Crippen LogP contribution in [0.25, 0.3) is 0 Å². The first-order valence-corrected chi connectivity index (χ1v) is 6.72. The fourth-order valence-corrected chi connectivity index (χ4v) is 3.11. The molecule has 1 heterocycles. The van der Waals surface area contributed by atoms with Gasteiger partial charge in [0, 0.05) is 5.88 Å². The van der Waals surface area contributed by atoms with Crippen molar-refractivity contribution in [2.24, 2.45) is 0 Å². The molecule has 1 aromatic rings. The second kappa shape index (κ2) is 4.82. The van der Waals surface area contributed by atoms with Crippen LogP contribution in [0.5, 0.6) is 0 Å². The summed E-state index contributed by atoms with van der Waals surface area (Å²) in [4.78, 5) is -0.141. The number of hydrogen-bond donors (Lipinski definition) is 0. The monoisotopic (exact) mass is 288 g/mol. The molecule has 0 N–H and O–H groups in total. The third kappa shape index (κ3) is 2.72. The lowest BCUT2D eigenvalue weighted by molar-refractivity contribution is 0.587. The van der Waals surface area contributed by atoms with Gasteiger partial charge in [-0.2, -0.15) is 0 Å². The van der Waals surface area contributed by atoms with Gasteiger partial charge in [0.1, 0.15) is 4.90 Å². The van der Waals surface area contributed by atoms with Gasteiger partial charge in [-0.1, -0.05) is 23.2 Å². The lowest BCUT2D eigenvalue weighted by Crippen LogP contribution is -2.20. The molecule has 1 aromatic heterocycles. The first-order chi connectivity index (χ1) is 6.89. The highest BCUT2D eigenvalue weighted by Gasteiger charge is 2.26. The molecule has 0 fully saturated rings. The molecule has 0 radical (unpaired) electrons. The van der Waals surface area contributed by atoms with E-state index in [0.717, 1.165) is 6.07 Å². The fraction of sp³-hybridized carbons (Fsp3) is 0.429. The number of alkyl halides is 1. The van der Waals surface area contributed by atoms with E-state index in [2.05, 4.69) is 10.2 Å². The van der Waals surface area contributed by atoms with E-state index in [1.807, 2.05) is 0 Å². The van der Waals surface area contributed by atoms with Crippen molar-refractivity contribution in [3.63, 3.8) is 0 Å². The molecular weight excluding hydrogens is 283 g/mol. The molecule has 1 unspecified atom stereocenters. The Morgan fingerprint density at radius 2 is 2.00 bits per heavy atom. The van der Waals surface area contributed by atoms with Crippen LogP contribution in [0.15, 0.2) is 11.0 Å². The van der Waals surface area contributed by atoms with Gasteiger partial charge < -0.3 is 0 Å². The van der Waals surface area contributed by atoms with Crippen molar-refractivity contribution >= 4 is 44.6 Å². The first kappa shape index (κ1) is 13.0. The van der Waals surface area contributed by atoms with Gasteiger partial charge in [0.25, 0.3) is 0 Å². The maximum absolute atomic E-state index is 11.8. The zero-order valence-electron chi connectivity index (χ0n) is 7.61. The molecule has 0 saturated carbocycles. The Labute approximate surface area is 102 Å². The van der Waals surface area contributed by atoms with Gasteiger partial charge in [-0.3, -0.25) is 0 Å². The SMILES string of the molecule is CC(CCl)S(=O)(=O)c1cc(Cl)nnc1Cl.